The largest absolute Gasteiger partial charge is 0.497 e. The molecule has 1 saturated heterocycles. The minimum atomic E-state index is -0.287. The number of fused-ring (bicyclic) bond motifs is 1. The van der Waals surface area contributed by atoms with Crippen molar-refractivity contribution >= 4 is 35.1 Å². The van der Waals surface area contributed by atoms with Gasteiger partial charge in [-0.05, 0) is 73.5 Å². The van der Waals surface area contributed by atoms with Gasteiger partial charge in [-0.1, -0.05) is 41.4 Å². The second-order valence-electron chi connectivity index (χ2n) is 11.2. The second kappa shape index (κ2) is 11.4. The molecule has 1 aliphatic heterocycles. The molecule has 1 heterocycles. The third-order valence-electron chi connectivity index (χ3n) is 8.50. The van der Waals surface area contributed by atoms with Gasteiger partial charge < -0.3 is 19.7 Å². The second-order valence-corrected chi connectivity index (χ2v) is 12.0. The fraction of sp³-hybridized carbons (Fsp3) is 0.533. The summed E-state index contributed by atoms with van der Waals surface area (Å²) in [6.45, 7) is 4.46. The van der Waals surface area contributed by atoms with Crippen molar-refractivity contribution in [2.24, 2.45) is 11.8 Å². The summed E-state index contributed by atoms with van der Waals surface area (Å²) in [5, 5.41) is 4.16. The Morgan fingerprint density at radius 3 is 2.66 bits per heavy atom. The van der Waals surface area contributed by atoms with E-state index in [1.165, 1.54) is 25.3 Å². The standard InChI is InChI=1S/C30H36Cl2N2O4/c1-19(35)38-28-15-23(33-29(36)13-21-8-9-26(31)27(32)12-21)16-30(22-4-3-5-24(14-22)37-2)10-11-34(18-25(28)30)17-20-6-7-20/h3-5,8-9,12,14,20,23,25,28H,6-7,10-11,13,15-18H2,1-2H3,(H,33,36)/t23-,25+,28?,30+/m1/s1. The number of likely N-dealkylation sites (tertiary alicyclic amines) is 1. The lowest BCUT2D eigenvalue weighted by atomic mass is 9.57. The average molecular weight is 560 g/mol. The molecule has 1 N–H and O–H groups in total. The van der Waals surface area contributed by atoms with Crippen LogP contribution in [0.1, 0.15) is 50.2 Å². The van der Waals surface area contributed by atoms with E-state index in [1.807, 2.05) is 18.2 Å². The topological polar surface area (TPSA) is 67.9 Å². The van der Waals surface area contributed by atoms with Crippen molar-refractivity contribution in [2.75, 3.05) is 26.7 Å². The van der Waals surface area contributed by atoms with E-state index in [0.717, 1.165) is 49.7 Å². The smallest absolute Gasteiger partial charge is 0.302 e. The van der Waals surface area contributed by atoms with Crippen molar-refractivity contribution in [3.8, 4) is 5.75 Å². The maximum Gasteiger partial charge on any atom is 0.302 e. The van der Waals surface area contributed by atoms with Crippen LogP contribution in [0.15, 0.2) is 42.5 Å². The van der Waals surface area contributed by atoms with Crippen molar-refractivity contribution in [1.82, 2.24) is 10.2 Å². The highest BCUT2D eigenvalue weighted by atomic mass is 35.5. The van der Waals surface area contributed by atoms with Crippen LogP contribution in [0.25, 0.3) is 0 Å². The van der Waals surface area contributed by atoms with Gasteiger partial charge in [-0.15, -0.1) is 0 Å². The molecule has 5 rings (SSSR count). The number of rotatable bonds is 8. The molecule has 0 radical (unpaired) electrons. The molecule has 2 aromatic carbocycles. The zero-order valence-corrected chi connectivity index (χ0v) is 23.6. The summed E-state index contributed by atoms with van der Waals surface area (Å²) in [4.78, 5) is 28.0. The fourth-order valence-corrected chi connectivity index (χ4v) is 6.91. The lowest BCUT2D eigenvalue weighted by Crippen LogP contribution is -2.61. The van der Waals surface area contributed by atoms with E-state index in [0.29, 0.717) is 16.5 Å². The van der Waals surface area contributed by atoms with Gasteiger partial charge in [-0.25, -0.2) is 0 Å². The number of carbonyl (C=O) groups is 2. The van der Waals surface area contributed by atoms with Crippen molar-refractivity contribution < 1.29 is 19.1 Å². The number of carbonyl (C=O) groups excluding carboxylic acids is 2. The normalized spacial score (nSPS) is 27.3. The third kappa shape index (κ3) is 6.13. The van der Waals surface area contributed by atoms with Crippen LogP contribution in [0.5, 0.6) is 5.75 Å². The molecule has 0 aromatic heterocycles. The van der Waals surface area contributed by atoms with Crippen molar-refractivity contribution in [1.29, 1.82) is 0 Å². The predicted octanol–water partition coefficient (Wildman–Crippen LogP) is 5.42. The van der Waals surface area contributed by atoms with E-state index < -0.39 is 0 Å². The van der Waals surface area contributed by atoms with E-state index >= 15 is 0 Å². The molecular weight excluding hydrogens is 523 g/mol. The molecule has 2 saturated carbocycles. The van der Waals surface area contributed by atoms with E-state index in [1.54, 1.807) is 19.2 Å². The summed E-state index contributed by atoms with van der Waals surface area (Å²) in [6, 6.07) is 13.4. The Morgan fingerprint density at radius 2 is 1.95 bits per heavy atom. The molecule has 3 fully saturated rings. The molecule has 1 unspecified atom stereocenters. The summed E-state index contributed by atoms with van der Waals surface area (Å²) in [7, 11) is 1.68. The number of benzene rings is 2. The van der Waals surface area contributed by atoms with Crippen LogP contribution >= 0.6 is 23.2 Å². The number of nitrogens with one attached hydrogen (secondary N) is 1. The molecule has 1 amide bonds. The minimum absolute atomic E-state index is 0.0830. The lowest BCUT2D eigenvalue weighted by Gasteiger charge is -2.55. The Labute approximate surface area is 235 Å². The molecule has 0 bridgehead atoms. The van der Waals surface area contributed by atoms with Gasteiger partial charge in [-0.2, -0.15) is 0 Å². The zero-order chi connectivity index (χ0) is 26.9. The first kappa shape index (κ1) is 27.3. The molecule has 2 aromatic rings. The maximum atomic E-state index is 13.2. The fourth-order valence-electron chi connectivity index (χ4n) is 6.59. The first-order valence-corrected chi connectivity index (χ1v) is 14.3. The van der Waals surface area contributed by atoms with E-state index in [9.17, 15) is 9.59 Å². The molecule has 6 nitrogen and oxygen atoms in total. The maximum absolute atomic E-state index is 13.2. The van der Waals surface area contributed by atoms with Crippen LogP contribution in [0.3, 0.4) is 0 Å². The van der Waals surface area contributed by atoms with Gasteiger partial charge in [0.25, 0.3) is 0 Å². The summed E-state index contributed by atoms with van der Waals surface area (Å²) in [6.07, 6.45) is 4.85. The third-order valence-corrected chi connectivity index (χ3v) is 9.24. The first-order valence-electron chi connectivity index (χ1n) is 13.5. The quantitative estimate of drug-likeness (QED) is 0.438. The van der Waals surface area contributed by atoms with Crippen molar-refractivity contribution in [2.45, 2.75) is 63.0 Å². The predicted molar refractivity (Wildman–Crippen MR) is 149 cm³/mol. The van der Waals surface area contributed by atoms with Gasteiger partial charge >= 0.3 is 5.97 Å². The van der Waals surface area contributed by atoms with Gasteiger partial charge in [-0.3, -0.25) is 9.59 Å². The van der Waals surface area contributed by atoms with Crippen LogP contribution in [0, 0.1) is 11.8 Å². The number of esters is 1. The highest BCUT2D eigenvalue weighted by molar-refractivity contribution is 6.42. The number of hydrogen-bond donors (Lipinski definition) is 1. The highest BCUT2D eigenvalue weighted by Crippen LogP contribution is 2.51. The van der Waals surface area contributed by atoms with Gasteiger partial charge in [0.05, 0.1) is 23.6 Å². The summed E-state index contributed by atoms with van der Waals surface area (Å²) in [5.74, 6) is 1.38. The highest BCUT2D eigenvalue weighted by Gasteiger charge is 2.54. The molecule has 204 valence electrons. The van der Waals surface area contributed by atoms with Crippen LogP contribution in [-0.2, 0) is 26.2 Å². The number of halogens is 2. The van der Waals surface area contributed by atoms with Gasteiger partial charge in [0.2, 0.25) is 5.91 Å². The Balaban J connectivity index is 1.42. The number of piperidine rings is 1. The summed E-state index contributed by atoms with van der Waals surface area (Å²) >= 11 is 12.2. The summed E-state index contributed by atoms with van der Waals surface area (Å²) in [5.41, 5.74) is 1.75. The van der Waals surface area contributed by atoms with E-state index in [4.69, 9.17) is 32.7 Å². The molecule has 38 heavy (non-hydrogen) atoms. The van der Waals surface area contributed by atoms with Crippen LogP contribution in [0.4, 0.5) is 0 Å². The van der Waals surface area contributed by atoms with E-state index in [2.05, 4.69) is 22.3 Å². The molecule has 4 atom stereocenters. The zero-order valence-electron chi connectivity index (χ0n) is 22.1. The SMILES string of the molecule is COc1cccc([C@@]23CCN(CC4CC4)C[C@H]2C(OC(C)=O)C[C@@H](NC(=O)Cc2ccc(Cl)c(Cl)c2)C3)c1. The van der Waals surface area contributed by atoms with E-state index in [-0.39, 0.29) is 41.8 Å². The van der Waals surface area contributed by atoms with Gasteiger partial charge in [0.15, 0.2) is 0 Å². The number of methoxy groups -OCH3 is 1. The first-order chi connectivity index (χ1) is 18.3. The Bertz CT molecular complexity index is 1190. The minimum Gasteiger partial charge on any atom is -0.497 e. The van der Waals surface area contributed by atoms with Gasteiger partial charge in [0.1, 0.15) is 11.9 Å². The number of ether oxygens (including phenoxy) is 2. The summed E-state index contributed by atoms with van der Waals surface area (Å²) < 4.78 is 11.6. The number of amides is 1. The molecular formula is C30H36Cl2N2O4. The lowest BCUT2D eigenvalue weighted by molar-refractivity contribution is -0.157. The Kier molecular flexibility index (Phi) is 8.22. The molecule has 8 heteroatoms. The Morgan fingerprint density at radius 1 is 1.13 bits per heavy atom. The molecule has 3 aliphatic rings. The monoisotopic (exact) mass is 558 g/mol. The number of nitrogens with zero attached hydrogens (tertiary/aromatic N) is 1. The van der Waals surface area contributed by atoms with Gasteiger partial charge in [0, 0.05) is 43.8 Å². The Hall–Kier alpha value is -2.28. The van der Waals surface area contributed by atoms with Crippen LogP contribution in [0.2, 0.25) is 10.0 Å². The average Bonchev–Trinajstić information content (AvgIpc) is 3.70. The number of hydrogen-bond acceptors (Lipinski definition) is 5. The molecule has 0 spiro atoms. The molecule has 2 aliphatic carbocycles. The van der Waals surface area contributed by atoms with Crippen LogP contribution in [-0.4, -0.2) is 55.7 Å². The van der Waals surface area contributed by atoms with Crippen molar-refractivity contribution in [3.63, 3.8) is 0 Å². The van der Waals surface area contributed by atoms with Crippen molar-refractivity contribution in [3.05, 3.63) is 63.6 Å². The van der Waals surface area contributed by atoms with Crippen LogP contribution < -0.4 is 10.1 Å².